The van der Waals surface area contributed by atoms with Crippen molar-refractivity contribution in [2.75, 3.05) is 18.5 Å². The first-order valence-corrected chi connectivity index (χ1v) is 5.42. The van der Waals surface area contributed by atoms with E-state index in [4.69, 9.17) is 0 Å². The van der Waals surface area contributed by atoms with Gasteiger partial charge in [-0.15, -0.1) is 0 Å². The minimum absolute atomic E-state index is 0.0300. The summed E-state index contributed by atoms with van der Waals surface area (Å²) >= 11 is 0. The van der Waals surface area contributed by atoms with Crippen molar-refractivity contribution in [3.05, 3.63) is 24.5 Å². The van der Waals surface area contributed by atoms with Crippen LogP contribution in [0.4, 0.5) is 5.69 Å². The molecule has 1 aromatic heterocycles. The standard InChI is InChI=1S/C12H19N3O/c1-5-14-12(2,3)11(16)15(4)10-7-6-8-13-9-10/h6-9,14H,5H2,1-4H3. The molecule has 0 saturated heterocycles. The number of rotatable bonds is 4. The molecule has 0 radical (unpaired) electrons. The monoisotopic (exact) mass is 221 g/mol. The summed E-state index contributed by atoms with van der Waals surface area (Å²) in [6.07, 6.45) is 3.37. The molecule has 88 valence electrons. The summed E-state index contributed by atoms with van der Waals surface area (Å²) in [5.74, 6) is 0.0300. The number of anilines is 1. The molecule has 0 spiro atoms. The van der Waals surface area contributed by atoms with Gasteiger partial charge in [0.1, 0.15) is 0 Å². The first kappa shape index (κ1) is 12.6. The Morgan fingerprint density at radius 2 is 2.25 bits per heavy atom. The molecule has 0 fully saturated rings. The van der Waals surface area contributed by atoms with E-state index in [1.165, 1.54) is 0 Å². The van der Waals surface area contributed by atoms with E-state index in [9.17, 15) is 4.79 Å². The molecule has 1 amide bonds. The van der Waals surface area contributed by atoms with E-state index < -0.39 is 5.54 Å². The fourth-order valence-electron chi connectivity index (χ4n) is 1.61. The second-order valence-corrected chi connectivity index (χ2v) is 4.23. The largest absolute Gasteiger partial charge is 0.312 e. The SMILES string of the molecule is CCNC(C)(C)C(=O)N(C)c1cccnc1. The highest BCUT2D eigenvalue weighted by Gasteiger charge is 2.29. The van der Waals surface area contributed by atoms with Crippen LogP contribution in [0.5, 0.6) is 0 Å². The summed E-state index contributed by atoms with van der Waals surface area (Å²) in [5.41, 5.74) is 0.248. The molecule has 4 nitrogen and oxygen atoms in total. The van der Waals surface area contributed by atoms with Crippen LogP contribution in [0, 0.1) is 0 Å². The molecule has 1 heterocycles. The van der Waals surface area contributed by atoms with Crippen LogP contribution in [0.25, 0.3) is 0 Å². The van der Waals surface area contributed by atoms with Crippen LogP contribution in [-0.4, -0.2) is 30.0 Å². The predicted molar refractivity (Wildman–Crippen MR) is 65.4 cm³/mol. The van der Waals surface area contributed by atoms with Crippen molar-refractivity contribution in [1.29, 1.82) is 0 Å². The van der Waals surface area contributed by atoms with Crippen molar-refractivity contribution in [3.8, 4) is 0 Å². The number of likely N-dealkylation sites (N-methyl/N-ethyl adjacent to an activating group) is 2. The molecule has 1 N–H and O–H groups in total. The van der Waals surface area contributed by atoms with Gasteiger partial charge in [0.25, 0.3) is 0 Å². The normalized spacial score (nSPS) is 11.2. The second kappa shape index (κ2) is 5.07. The third-order valence-corrected chi connectivity index (χ3v) is 2.49. The van der Waals surface area contributed by atoms with Crippen molar-refractivity contribution in [3.63, 3.8) is 0 Å². The Balaban J connectivity index is 2.82. The average Bonchev–Trinajstić information content (AvgIpc) is 2.28. The zero-order valence-corrected chi connectivity index (χ0v) is 10.3. The lowest BCUT2D eigenvalue weighted by molar-refractivity contribution is -0.123. The van der Waals surface area contributed by atoms with Crippen molar-refractivity contribution in [1.82, 2.24) is 10.3 Å². The first-order valence-electron chi connectivity index (χ1n) is 5.42. The van der Waals surface area contributed by atoms with Gasteiger partial charge in [-0.05, 0) is 32.5 Å². The molecular formula is C12H19N3O. The van der Waals surface area contributed by atoms with E-state index in [0.29, 0.717) is 0 Å². The summed E-state index contributed by atoms with van der Waals surface area (Å²) < 4.78 is 0. The van der Waals surface area contributed by atoms with Crippen molar-refractivity contribution >= 4 is 11.6 Å². The number of carbonyl (C=O) groups excluding carboxylic acids is 1. The number of carbonyl (C=O) groups is 1. The second-order valence-electron chi connectivity index (χ2n) is 4.23. The highest BCUT2D eigenvalue weighted by molar-refractivity contribution is 5.99. The van der Waals surface area contributed by atoms with E-state index in [1.807, 2.05) is 32.9 Å². The molecule has 4 heteroatoms. The van der Waals surface area contributed by atoms with Crippen molar-refractivity contribution in [2.45, 2.75) is 26.3 Å². The summed E-state index contributed by atoms with van der Waals surface area (Å²) in [6.45, 7) is 6.51. The Kier molecular flexibility index (Phi) is 4.01. The molecule has 0 atom stereocenters. The predicted octanol–water partition coefficient (Wildman–Crippen LogP) is 1.43. The van der Waals surface area contributed by atoms with Crippen LogP contribution in [0.1, 0.15) is 20.8 Å². The third-order valence-electron chi connectivity index (χ3n) is 2.49. The number of nitrogens with zero attached hydrogens (tertiary/aromatic N) is 2. The molecule has 0 saturated carbocycles. The maximum atomic E-state index is 12.2. The molecule has 0 aliphatic rings. The van der Waals surface area contributed by atoms with E-state index in [2.05, 4.69) is 10.3 Å². The highest BCUT2D eigenvalue weighted by atomic mass is 16.2. The van der Waals surface area contributed by atoms with Crippen LogP contribution in [-0.2, 0) is 4.79 Å². The first-order chi connectivity index (χ1) is 7.49. The number of hydrogen-bond acceptors (Lipinski definition) is 3. The van der Waals surface area contributed by atoms with Gasteiger partial charge in [-0.3, -0.25) is 9.78 Å². The maximum Gasteiger partial charge on any atom is 0.246 e. The average molecular weight is 221 g/mol. The van der Waals surface area contributed by atoms with Crippen molar-refractivity contribution in [2.24, 2.45) is 0 Å². The zero-order chi connectivity index (χ0) is 12.2. The Morgan fingerprint density at radius 3 is 2.75 bits per heavy atom. The van der Waals surface area contributed by atoms with E-state index in [0.717, 1.165) is 12.2 Å². The third kappa shape index (κ3) is 2.79. The minimum Gasteiger partial charge on any atom is -0.312 e. The lowest BCUT2D eigenvalue weighted by Crippen LogP contribution is -2.53. The highest BCUT2D eigenvalue weighted by Crippen LogP contribution is 2.15. The lowest BCUT2D eigenvalue weighted by Gasteiger charge is -2.29. The zero-order valence-electron chi connectivity index (χ0n) is 10.3. The van der Waals surface area contributed by atoms with Gasteiger partial charge in [0.2, 0.25) is 5.91 Å². The summed E-state index contributed by atoms with van der Waals surface area (Å²) in [6, 6.07) is 3.69. The van der Waals surface area contributed by atoms with Gasteiger partial charge in [0.15, 0.2) is 0 Å². The fraction of sp³-hybridized carbons (Fsp3) is 0.500. The van der Waals surface area contributed by atoms with Crippen LogP contribution in [0.15, 0.2) is 24.5 Å². The van der Waals surface area contributed by atoms with Gasteiger partial charge >= 0.3 is 0 Å². The van der Waals surface area contributed by atoms with Gasteiger partial charge < -0.3 is 10.2 Å². The van der Waals surface area contributed by atoms with Gasteiger partial charge in [0, 0.05) is 13.2 Å². The number of aromatic nitrogens is 1. The summed E-state index contributed by atoms with van der Waals surface area (Å²) in [7, 11) is 1.76. The molecule has 0 bridgehead atoms. The molecule has 16 heavy (non-hydrogen) atoms. The molecule has 0 unspecified atom stereocenters. The molecule has 0 aromatic carbocycles. The molecular weight excluding hydrogens is 202 g/mol. The number of pyridine rings is 1. The Hall–Kier alpha value is -1.42. The quantitative estimate of drug-likeness (QED) is 0.836. The minimum atomic E-state index is -0.556. The van der Waals surface area contributed by atoms with Gasteiger partial charge in [-0.25, -0.2) is 0 Å². The molecule has 0 aliphatic carbocycles. The van der Waals surface area contributed by atoms with Gasteiger partial charge in [-0.1, -0.05) is 6.92 Å². The summed E-state index contributed by atoms with van der Waals surface area (Å²) in [4.78, 5) is 17.8. The number of hydrogen-bond donors (Lipinski definition) is 1. The molecule has 1 aromatic rings. The number of amides is 1. The van der Waals surface area contributed by atoms with Crippen LogP contribution in [0.3, 0.4) is 0 Å². The Labute approximate surface area is 96.7 Å². The van der Waals surface area contributed by atoms with Gasteiger partial charge in [-0.2, -0.15) is 0 Å². The van der Waals surface area contributed by atoms with Crippen LogP contribution < -0.4 is 10.2 Å². The smallest absolute Gasteiger partial charge is 0.246 e. The van der Waals surface area contributed by atoms with Gasteiger partial charge in [0.05, 0.1) is 17.4 Å². The van der Waals surface area contributed by atoms with E-state index >= 15 is 0 Å². The molecule has 1 rings (SSSR count). The van der Waals surface area contributed by atoms with Crippen molar-refractivity contribution < 1.29 is 4.79 Å². The number of nitrogens with one attached hydrogen (secondary N) is 1. The Morgan fingerprint density at radius 1 is 1.56 bits per heavy atom. The topological polar surface area (TPSA) is 45.2 Å². The molecule has 0 aliphatic heterocycles. The van der Waals surface area contributed by atoms with Crippen LogP contribution in [0.2, 0.25) is 0 Å². The Bertz CT molecular complexity index is 349. The van der Waals surface area contributed by atoms with E-state index in [1.54, 1.807) is 24.3 Å². The van der Waals surface area contributed by atoms with E-state index in [-0.39, 0.29) is 5.91 Å². The maximum absolute atomic E-state index is 12.2. The fourth-order valence-corrected chi connectivity index (χ4v) is 1.61. The summed E-state index contributed by atoms with van der Waals surface area (Å²) in [5, 5.41) is 3.16. The van der Waals surface area contributed by atoms with Crippen LogP contribution >= 0.6 is 0 Å². The lowest BCUT2D eigenvalue weighted by atomic mass is 10.0.